The molecular weight excluding hydrogens is 308 g/mol. The number of ether oxygens (including phenoxy) is 4. The van der Waals surface area contributed by atoms with Crippen LogP contribution in [-0.4, -0.2) is 52.6 Å². The first-order valence-electron chi connectivity index (χ1n) is 7.68. The lowest BCUT2D eigenvalue weighted by atomic mass is 10.1. The summed E-state index contributed by atoms with van der Waals surface area (Å²) < 4.78 is 24.5. The second-order valence-electron chi connectivity index (χ2n) is 6.21. The molecule has 2 heterocycles. The molecule has 2 rings (SSSR count). The first-order valence-corrected chi connectivity index (χ1v) is 9.78. The molecule has 3 unspecified atom stereocenters. The monoisotopic (exact) mass is 336 g/mol. The average Bonchev–Trinajstić information content (AvgIpc) is 2.88. The molecule has 2 saturated heterocycles. The highest BCUT2D eigenvalue weighted by Gasteiger charge is 2.52. The minimum Gasteiger partial charge on any atom is -0.348 e. The predicted molar refractivity (Wildman–Crippen MR) is 88.8 cm³/mol. The summed E-state index contributed by atoms with van der Waals surface area (Å²) in [5.41, 5.74) is 0. The van der Waals surface area contributed by atoms with Gasteiger partial charge in [0.25, 0.3) is 0 Å². The summed E-state index contributed by atoms with van der Waals surface area (Å²) in [6, 6.07) is 0. The molecular formula is C15H28O4S2. The van der Waals surface area contributed by atoms with Crippen molar-refractivity contribution < 1.29 is 18.9 Å². The van der Waals surface area contributed by atoms with E-state index in [0.717, 1.165) is 11.5 Å². The molecule has 0 aromatic carbocycles. The summed E-state index contributed by atoms with van der Waals surface area (Å²) in [4.78, 5) is 0. The van der Waals surface area contributed by atoms with Crippen molar-refractivity contribution in [2.75, 3.05) is 18.1 Å². The van der Waals surface area contributed by atoms with Crippen molar-refractivity contribution in [3.8, 4) is 0 Å². The molecule has 0 saturated carbocycles. The van der Waals surface area contributed by atoms with Gasteiger partial charge < -0.3 is 18.9 Å². The van der Waals surface area contributed by atoms with Crippen LogP contribution in [0.4, 0.5) is 0 Å². The summed E-state index contributed by atoms with van der Waals surface area (Å²) in [6.45, 7) is 12.8. The second-order valence-corrected chi connectivity index (χ2v) is 9.35. The van der Waals surface area contributed by atoms with E-state index in [2.05, 4.69) is 13.8 Å². The zero-order valence-corrected chi connectivity index (χ0v) is 15.5. The third kappa shape index (κ3) is 4.52. The van der Waals surface area contributed by atoms with Gasteiger partial charge in [0.1, 0.15) is 18.3 Å². The molecule has 0 aliphatic carbocycles. The van der Waals surface area contributed by atoms with Gasteiger partial charge in [-0.2, -0.15) is 0 Å². The molecule has 0 radical (unpaired) electrons. The lowest BCUT2D eigenvalue weighted by Crippen LogP contribution is -2.42. The molecule has 21 heavy (non-hydrogen) atoms. The van der Waals surface area contributed by atoms with Crippen LogP contribution in [0.3, 0.4) is 0 Å². The lowest BCUT2D eigenvalue weighted by molar-refractivity contribution is -0.174. The van der Waals surface area contributed by atoms with Crippen LogP contribution in [0.15, 0.2) is 0 Å². The number of hydrogen-bond acceptors (Lipinski definition) is 6. The van der Waals surface area contributed by atoms with Crippen molar-refractivity contribution in [1.82, 2.24) is 0 Å². The molecule has 124 valence electrons. The Morgan fingerprint density at radius 3 is 2.05 bits per heavy atom. The molecule has 0 N–H and O–H groups in total. The second kappa shape index (κ2) is 6.97. The van der Waals surface area contributed by atoms with Gasteiger partial charge in [-0.1, -0.05) is 13.8 Å². The van der Waals surface area contributed by atoms with Crippen LogP contribution in [0.5, 0.6) is 0 Å². The van der Waals surface area contributed by atoms with Gasteiger partial charge in [-0.05, 0) is 39.2 Å². The van der Waals surface area contributed by atoms with E-state index in [-0.39, 0.29) is 18.3 Å². The predicted octanol–water partition coefficient (Wildman–Crippen LogP) is 3.49. The topological polar surface area (TPSA) is 36.9 Å². The van der Waals surface area contributed by atoms with Crippen molar-refractivity contribution >= 4 is 23.5 Å². The third-order valence-corrected chi connectivity index (χ3v) is 6.17. The maximum atomic E-state index is 6.21. The molecule has 4 nitrogen and oxygen atoms in total. The van der Waals surface area contributed by atoms with Gasteiger partial charge in [0.05, 0.1) is 11.2 Å². The summed E-state index contributed by atoms with van der Waals surface area (Å²) in [6.07, 6.45) is -0.119. The maximum Gasteiger partial charge on any atom is 0.163 e. The molecule has 0 spiro atoms. The number of thioether (sulfide) groups is 2. The summed E-state index contributed by atoms with van der Waals surface area (Å²) in [5.74, 6) is 1.04. The van der Waals surface area contributed by atoms with Crippen LogP contribution in [0.2, 0.25) is 0 Å². The van der Waals surface area contributed by atoms with E-state index in [1.165, 1.54) is 0 Å². The van der Waals surface area contributed by atoms with E-state index in [1.807, 2.05) is 51.2 Å². The van der Waals surface area contributed by atoms with Crippen molar-refractivity contribution in [2.45, 2.75) is 76.0 Å². The first kappa shape index (κ1) is 17.9. The standard InChI is InChI=1S/C15H28O4S2/c1-7-20-13(21-8-2)12-11(18-15(5,6)19-12)10-9-16-14(3,4)17-10/h10-13H,7-9H2,1-6H3. The van der Waals surface area contributed by atoms with E-state index in [9.17, 15) is 0 Å². The van der Waals surface area contributed by atoms with Crippen molar-refractivity contribution in [2.24, 2.45) is 0 Å². The Morgan fingerprint density at radius 1 is 0.952 bits per heavy atom. The third-order valence-electron chi connectivity index (χ3n) is 3.49. The summed E-state index contributed by atoms with van der Waals surface area (Å²) in [7, 11) is 0. The largest absolute Gasteiger partial charge is 0.348 e. The molecule has 2 aliphatic heterocycles. The zero-order chi connectivity index (χ0) is 15.7. The fourth-order valence-electron chi connectivity index (χ4n) is 2.76. The highest BCUT2D eigenvalue weighted by molar-refractivity contribution is 8.17. The SMILES string of the molecule is CCSC(SCC)C1OC(C)(C)OC1C1COC(C)(C)O1. The fraction of sp³-hybridized carbons (Fsp3) is 1.00. The van der Waals surface area contributed by atoms with Crippen molar-refractivity contribution in [1.29, 1.82) is 0 Å². The Balaban J connectivity index is 2.12. The van der Waals surface area contributed by atoms with E-state index in [1.54, 1.807) is 0 Å². The highest BCUT2D eigenvalue weighted by Crippen LogP contribution is 2.42. The number of rotatable bonds is 6. The quantitative estimate of drug-likeness (QED) is 0.691. The Hall–Kier alpha value is 0.540. The van der Waals surface area contributed by atoms with Gasteiger partial charge in [-0.25, -0.2) is 0 Å². The smallest absolute Gasteiger partial charge is 0.163 e. The molecule has 2 fully saturated rings. The van der Waals surface area contributed by atoms with Crippen LogP contribution in [0, 0.1) is 0 Å². The molecule has 2 aliphatic rings. The van der Waals surface area contributed by atoms with Crippen molar-refractivity contribution in [3.63, 3.8) is 0 Å². The van der Waals surface area contributed by atoms with Gasteiger partial charge in [0.2, 0.25) is 0 Å². The molecule has 0 aromatic rings. The van der Waals surface area contributed by atoms with Gasteiger partial charge in [0, 0.05) is 0 Å². The van der Waals surface area contributed by atoms with E-state index < -0.39 is 11.6 Å². The van der Waals surface area contributed by atoms with Crippen LogP contribution in [-0.2, 0) is 18.9 Å². The molecule has 3 atom stereocenters. The van der Waals surface area contributed by atoms with Gasteiger partial charge in [-0.15, -0.1) is 23.5 Å². The minimum absolute atomic E-state index is 0.0254. The van der Waals surface area contributed by atoms with Gasteiger partial charge in [-0.3, -0.25) is 0 Å². The normalized spacial score (nSPS) is 34.7. The molecule has 0 amide bonds. The maximum absolute atomic E-state index is 6.21. The Labute approximate surface area is 137 Å². The van der Waals surface area contributed by atoms with Gasteiger partial charge >= 0.3 is 0 Å². The van der Waals surface area contributed by atoms with Crippen LogP contribution < -0.4 is 0 Å². The Kier molecular flexibility index (Phi) is 5.94. The Bertz CT molecular complexity index is 331. The zero-order valence-electron chi connectivity index (χ0n) is 13.9. The Morgan fingerprint density at radius 2 is 1.57 bits per heavy atom. The van der Waals surface area contributed by atoms with E-state index in [4.69, 9.17) is 18.9 Å². The minimum atomic E-state index is -0.563. The molecule has 0 aromatic heterocycles. The number of hydrogen-bond donors (Lipinski definition) is 0. The molecule has 6 heteroatoms. The van der Waals surface area contributed by atoms with Crippen molar-refractivity contribution in [3.05, 3.63) is 0 Å². The summed E-state index contributed by atoms with van der Waals surface area (Å²) >= 11 is 3.85. The first-order chi connectivity index (χ1) is 9.78. The summed E-state index contributed by atoms with van der Waals surface area (Å²) in [5, 5.41) is 0. The average molecular weight is 337 g/mol. The van der Waals surface area contributed by atoms with Crippen LogP contribution in [0.1, 0.15) is 41.5 Å². The van der Waals surface area contributed by atoms with Crippen LogP contribution in [0.25, 0.3) is 0 Å². The van der Waals surface area contributed by atoms with Crippen LogP contribution >= 0.6 is 23.5 Å². The fourth-order valence-corrected chi connectivity index (χ4v) is 5.42. The van der Waals surface area contributed by atoms with E-state index in [0.29, 0.717) is 11.2 Å². The van der Waals surface area contributed by atoms with E-state index >= 15 is 0 Å². The highest BCUT2D eigenvalue weighted by atomic mass is 32.2. The van der Waals surface area contributed by atoms with Gasteiger partial charge in [0.15, 0.2) is 11.6 Å². The molecule has 0 bridgehead atoms. The lowest BCUT2D eigenvalue weighted by Gasteiger charge is -2.28.